The Hall–Kier alpha value is -1.14. The number of carbonyl (C=O) groups excluding carboxylic acids is 4. The maximum Gasteiger partial charge on any atom is 0.254 e. The van der Waals surface area contributed by atoms with E-state index < -0.39 is 50.8 Å². The molecular formula is C26H25Br3Cl2N2O6. The summed E-state index contributed by atoms with van der Waals surface area (Å²) in [6.07, 6.45) is 2.04. The average molecular weight is 772 g/mol. The molecule has 0 aromatic heterocycles. The predicted molar refractivity (Wildman–Crippen MR) is 155 cm³/mol. The number of allylic oxidation sites excluding steroid dienone is 2. The number of likely N-dealkylation sites (tertiary alicyclic amines) is 2. The van der Waals surface area contributed by atoms with Gasteiger partial charge in [-0.2, -0.15) is 0 Å². The van der Waals surface area contributed by atoms with E-state index in [-0.39, 0.29) is 46.1 Å². The van der Waals surface area contributed by atoms with Gasteiger partial charge in [0, 0.05) is 15.9 Å². The third-order valence-electron chi connectivity index (χ3n) is 8.39. The number of phenols is 1. The molecule has 1 N–H and O–H groups in total. The fourth-order valence-electron chi connectivity index (χ4n) is 6.74. The van der Waals surface area contributed by atoms with Crippen LogP contribution >= 0.6 is 71.0 Å². The fourth-order valence-corrected chi connectivity index (χ4v) is 9.11. The molecule has 2 saturated heterocycles. The number of nitrogens with zero attached hydrogens (tertiary/aromatic N) is 2. The van der Waals surface area contributed by atoms with Gasteiger partial charge in [-0.1, -0.05) is 27.6 Å². The number of aromatic hydroxyl groups is 1. The van der Waals surface area contributed by atoms with Crippen LogP contribution < -0.4 is 4.74 Å². The zero-order chi connectivity index (χ0) is 29.0. The number of hydrogen-bond acceptors (Lipinski definition) is 6. The third-order valence-corrected chi connectivity index (χ3v) is 12.5. The first kappa shape index (κ1) is 29.4. The third kappa shape index (κ3) is 3.71. The molecule has 4 amide bonds. The van der Waals surface area contributed by atoms with Crippen molar-refractivity contribution in [2.24, 2.45) is 17.8 Å². The highest BCUT2D eigenvalue weighted by molar-refractivity contribution is 9.13. The van der Waals surface area contributed by atoms with Gasteiger partial charge in [0.05, 0.1) is 28.9 Å². The monoisotopic (exact) mass is 768 g/mol. The van der Waals surface area contributed by atoms with Gasteiger partial charge in [-0.05, 0) is 83.0 Å². The first-order valence-electron chi connectivity index (χ1n) is 12.2. The summed E-state index contributed by atoms with van der Waals surface area (Å²) in [7, 11) is 1.39. The molecule has 2 heterocycles. The Labute approximate surface area is 260 Å². The number of ether oxygens (including phenoxy) is 1. The lowest BCUT2D eigenvalue weighted by Gasteiger charge is -2.51. The molecule has 1 aromatic carbocycles. The highest BCUT2D eigenvalue weighted by atomic mass is 79.9. The SMILES string of the molecule is COc1cc([C@H]2C3=CC[C@@H]4C(=O)N(C(C)(C)C)C(=O)[C@@H]4[C@@H]3C[C@@]3(Cl)C(=O)N(CBr)C(=O)[C@@]23Cl)c(Br)c(Br)c1O. The van der Waals surface area contributed by atoms with Crippen LogP contribution in [0.25, 0.3) is 0 Å². The highest BCUT2D eigenvalue weighted by Crippen LogP contribution is 2.67. The lowest BCUT2D eigenvalue weighted by molar-refractivity contribution is -0.146. The van der Waals surface area contributed by atoms with Crippen molar-refractivity contribution in [2.45, 2.75) is 54.8 Å². The van der Waals surface area contributed by atoms with E-state index in [1.165, 1.54) is 12.0 Å². The minimum Gasteiger partial charge on any atom is -0.503 e. The number of rotatable bonds is 3. The number of phenolic OH excluding ortho intramolecular Hbond substituents is 1. The Morgan fingerprint density at radius 2 is 1.72 bits per heavy atom. The second kappa shape index (κ2) is 9.44. The zero-order valence-corrected chi connectivity index (χ0v) is 27.6. The number of alkyl halides is 3. The predicted octanol–water partition coefficient (Wildman–Crippen LogP) is 5.44. The number of halogens is 5. The Morgan fingerprint density at radius 3 is 2.28 bits per heavy atom. The number of methoxy groups -OCH3 is 1. The lowest BCUT2D eigenvalue weighted by Crippen LogP contribution is -2.60. The van der Waals surface area contributed by atoms with Gasteiger partial charge in [-0.3, -0.25) is 29.0 Å². The summed E-state index contributed by atoms with van der Waals surface area (Å²) >= 11 is 24.6. The smallest absolute Gasteiger partial charge is 0.254 e. The van der Waals surface area contributed by atoms with Crippen LogP contribution in [0.1, 0.15) is 45.1 Å². The van der Waals surface area contributed by atoms with Crippen LogP contribution in [0.15, 0.2) is 26.7 Å². The van der Waals surface area contributed by atoms with Gasteiger partial charge in [-0.15, -0.1) is 23.2 Å². The van der Waals surface area contributed by atoms with Gasteiger partial charge >= 0.3 is 0 Å². The molecule has 4 aliphatic rings. The van der Waals surface area contributed by atoms with E-state index in [0.29, 0.717) is 15.6 Å². The van der Waals surface area contributed by atoms with Gasteiger partial charge in [-0.25, -0.2) is 0 Å². The van der Waals surface area contributed by atoms with E-state index in [0.717, 1.165) is 4.90 Å². The van der Waals surface area contributed by atoms with Crippen molar-refractivity contribution in [1.82, 2.24) is 9.80 Å². The normalized spacial score (nSPS) is 34.2. The zero-order valence-electron chi connectivity index (χ0n) is 21.4. The number of benzene rings is 1. The van der Waals surface area contributed by atoms with Gasteiger partial charge < -0.3 is 9.84 Å². The maximum atomic E-state index is 13.9. The fraction of sp³-hybridized carbons (Fsp3) is 0.538. The van der Waals surface area contributed by atoms with Crippen LogP contribution in [0.3, 0.4) is 0 Å². The summed E-state index contributed by atoms with van der Waals surface area (Å²) in [5.74, 6) is -5.01. The molecule has 6 atom stereocenters. The van der Waals surface area contributed by atoms with E-state index in [2.05, 4.69) is 47.8 Å². The van der Waals surface area contributed by atoms with E-state index in [4.69, 9.17) is 27.9 Å². The Bertz CT molecular complexity index is 1380. The molecule has 0 radical (unpaired) electrons. The van der Waals surface area contributed by atoms with Crippen molar-refractivity contribution in [3.8, 4) is 11.5 Å². The number of amides is 4. The van der Waals surface area contributed by atoms with Crippen molar-refractivity contribution in [1.29, 1.82) is 0 Å². The molecular weight excluding hydrogens is 747 g/mol. The topological polar surface area (TPSA) is 104 Å². The Kier molecular flexibility index (Phi) is 7.11. The molecule has 39 heavy (non-hydrogen) atoms. The van der Waals surface area contributed by atoms with E-state index in [9.17, 15) is 24.3 Å². The molecule has 3 fully saturated rings. The van der Waals surface area contributed by atoms with Crippen LogP contribution in [0.2, 0.25) is 0 Å². The van der Waals surface area contributed by atoms with Gasteiger partial charge in [0.2, 0.25) is 11.8 Å². The summed E-state index contributed by atoms with van der Waals surface area (Å²) in [4.78, 5) is 53.4. The minimum atomic E-state index is -1.96. The molecule has 210 valence electrons. The highest BCUT2D eigenvalue weighted by Gasteiger charge is 2.76. The standard InChI is InChI=1S/C26H25Br3Cl2N2O6/c1-24(2,3)33-20(35)11-6-5-10-13(15(11)21(33)36)8-25(30)22(37)32(9-27)23(38)26(25,31)16(10)12-7-14(39-4)19(34)18(29)17(12)28/h5,7,11,13,15-16,34H,6,8-9H2,1-4H3/t11-,13+,15-,16+,25+,26-/m0/s1. The first-order valence-corrected chi connectivity index (χ1v) is 15.7. The first-order chi connectivity index (χ1) is 18.1. The van der Waals surface area contributed by atoms with Gasteiger partial charge in [0.1, 0.15) is 0 Å². The van der Waals surface area contributed by atoms with Crippen LogP contribution in [0.5, 0.6) is 11.5 Å². The minimum absolute atomic E-state index is 0.0966. The second-order valence-electron chi connectivity index (χ2n) is 11.3. The Morgan fingerprint density at radius 1 is 1.08 bits per heavy atom. The van der Waals surface area contributed by atoms with Crippen molar-refractivity contribution < 1.29 is 29.0 Å². The van der Waals surface area contributed by atoms with Crippen LogP contribution in [0, 0.1) is 17.8 Å². The number of carbonyl (C=O) groups is 4. The van der Waals surface area contributed by atoms with Gasteiger partial charge in [0.25, 0.3) is 11.8 Å². The van der Waals surface area contributed by atoms with Crippen molar-refractivity contribution >= 4 is 94.6 Å². The molecule has 0 bridgehead atoms. The summed E-state index contributed by atoms with van der Waals surface area (Å²) in [5.41, 5.74) is 0.235. The van der Waals surface area contributed by atoms with Crippen LogP contribution in [-0.4, -0.2) is 66.4 Å². The van der Waals surface area contributed by atoms with E-state index >= 15 is 0 Å². The summed E-state index contributed by atoms with van der Waals surface area (Å²) in [5, 5.41) is 10.6. The number of hydrogen-bond donors (Lipinski definition) is 1. The quantitative estimate of drug-likeness (QED) is 0.190. The summed E-state index contributed by atoms with van der Waals surface area (Å²) in [6.45, 7) is 5.40. The van der Waals surface area contributed by atoms with Crippen molar-refractivity contribution in [3.05, 3.63) is 32.2 Å². The van der Waals surface area contributed by atoms with E-state index in [1.807, 2.05) is 6.08 Å². The number of fused-ring (bicyclic) bond motifs is 4. The summed E-state index contributed by atoms with van der Waals surface area (Å²) in [6, 6.07) is 1.54. The van der Waals surface area contributed by atoms with Crippen LogP contribution in [0.4, 0.5) is 0 Å². The molecule has 2 aliphatic carbocycles. The molecule has 1 saturated carbocycles. The summed E-state index contributed by atoms with van der Waals surface area (Å²) < 4.78 is 6.03. The molecule has 0 spiro atoms. The molecule has 0 unspecified atom stereocenters. The molecule has 2 aliphatic heterocycles. The van der Waals surface area contributed by atoms with Crippen LogP contribution in [-0.2, 0) is 19.2 Å². The van der Waals surface area contributed by atoms with E-state index in [1.54, 1.807) is 26.8 Å². The lowest BCUT2D eigenvalue weighted by atomic mass is 9.56. The molecule has 13 heteroatoms. The number of imide groups is 2. The van der Waals surface area contributed by atoms with Crippen molar-refractivity contribution in [3.63, 3.8) is 0 Å². The molecule has 8 nitrogen and oxygen atoms in total. The van der Waals surface area contributed by atoms with Gasteiger partial charge in [0.15, 0.2) is 21.2 Å². The average Bonchev–Trinajstić information content (AvgIpc) is 3.21. The molecule has 1 aromatic rings. The largest absolute Gasteiger partial charge is 0.503 e. The molecule has 5 rings (SSSR count). The maximum absolute atomic E-state index is 13.9. The Balaban J connectivity index is 1.79. The second-order valence-corrected chi connectivity index (χ2v) is 14.6. The van der Waals surface area contributed by atoms with Crippen molar-refractivity contribution in [2.75, 3.05) is 12.6 Å².